The van der Waals surface area contributed by atoms with Gasteiger partial charge < -0.3 is 21.7 Å². The Bertz CT molecular complexity index is 898. The van der Waals surface area contributed by atoms with Crippen molar-refractivity contribution in [3.8, 4) is 0 Å². The Hall–Kier alpha value is -0.560. The molecule has 0 unspecified atom stereocenters. The summed E-state index contributed by atoms with van der Waals surface area (Å²) >= 11 is 24.0. The van der Waals surface area contributed by atoms with Gasteiger partial charge in [0.2, 0.25) is 0 Å². The number of hydrogen-bond acceptors (Lipinski definition) is 4. The summed E-state index contributed by atoms with van der Waals surface area (Å²) in [7, 11) is 0. The third kappa shape index (κ3) is 6.41. The Morgan fingerprint density at radius 3 is 1.35 bits per heavy atom. The van der Waals surface area contributed by atoms with E-state index in [1.807, 2.05) is 24.3 Å². The van der Waals surface area contributed by atoms with Gasteiger partial charge >= 0.3 is 0 Å². The fraction of sp³-hybridized carbons (Fsp3) is 0.538. The zero-order valence-electron chi connectivity index (χ0n) is 19.3. The van der Waals surface area contributed by atoms with Crippen LogP contribution in [0.5, 0.6) is 0 Å². The smallest absolute Gasteiger partial charge is 0.0595 e. The van der Waals surface area contributed by atoms with Gasteiger partial charge in [0.25, 0.3) is 0 Å². The molecule has 0 heterocycles. The van der Waals surface area contributed by atoms with Crippen molar-refractivity contribution in [2.24, 2.45) is 11.5 Å². The molecule has 34 heavy (non-hydrogen) atoms. The van der Waals surface area contributed by atoms with Crippen LogP contribution in [0.3, 0.4) is 0 Å². The van der Waals surface area contributed by atoms with Gasteiger partial charge in [-0.15, -0.1) is 0 Å². The average molecular weight is 548 g/mol. The number of hydrogen-bond donors (Lipinski definition) is 4. The van der Waals surface area contributed by atoms with E-state index in [9.17, 15) is 10.2 Å². The minimum absolute atomic E-state index is 0.147. The van der Waals surface area contributed by atoms with Gasteiger partial charge in [-0.2, -0.15) is 0 Å². The molecule has 0 saturated heterocycles. The molecule has 2 saturated carbocycles. The molecule has 2 aliphatic rings. The number of halogens is 4. The van der Waals surface area contributed by atoms with Gasteiger partial charge in [-0.3, -0.25) is 0 Å². The highest BCUT2D eigenvalue weighted by Gasteiger charge is 2.37. The molecule has 4 atom stereocenters. The quantitative estimate of drug-likeness (QED) is 0.364. The highest BCUT2D eigenvalue weighted by molar-refractivity contribution is 6.42. The molecule has 2 aromatic rings. The summed E-state index contributed by atoms with van der Waals surface area (Å²) in [6.45, 7) is 1.06. The summed E-state index contributed by atoms with van der Waals surface area (Å²) in [6, 6.07) is 11.3. The Balaban J connectivity index is 0.000000191. The molecular weight excluding hydrogens is 514 g/mol. The van der Waals surface area contributed by atoms with Crippen LogP contribution < -0.4 is 11.5 Å². The number of aliphatic hydroxyl groups is 2. The van der Waals surface area contributed by atoms with E-state index in [1.165, 1.54) is 0 Å². The minimum atomic E-state index is -0.262. The number of aliphatic hydroxyl groups excluding tert-OH is 2. The molecule has 2 aromatic carbocycles. The van der Waals surface area contributed by atoms with Crippen molar-refractivity contribution < 1.29 is 10.2 Å². The fourth-order valence-corrected chi connectivity index (χ4v) is 6.04. The summed E-state index contributed by atoms with van der Waals surface area (Å²) in [5.74, 6) is 0. The third-order valence-corrected chi connectivity index (χ3v) is 8.96. The van der Waals surface area contributed by atoms with Gasteiger partial charge in [0, 0.05) is 23.9 Å². The summed E-state index contributed by atoms with van der Waals surface area (Å²) in [5.41, 5.74) is 13.8. The van der Waals surface area contributed by atoms with Crippen molar-refractivity contribution in [3.63, 3.8) is 0 Å². The monoisotopic (exact) mass is 546 g/mol. The van der Waals surface area contributed by atoms with Crippen LogP contribution in [0.4, 0.5) is 0 Å². The molecule has 0 aromatic heterocycles. The van der Waals surface area contributed by atoms with E-state index in [0.29, 0.717) is 46.0 Å². The van der Waals surface area contributed by atoms with Gasteiger partial charge in [-0.25, -0.2) is 0 Å². The van der Waals surface area contributed by atoms with Gasteiger partial charge in [0.05, 0.1) is 32.3 Å². The SMILES string of the molecule is NC[C@@]1(c2ccc(Cl)c(Cl)c2)CCC[C@@H](O)C1.NC[C@]1(c2ccc(Cl)c(Cl)c2)CCC[C@H](O)C1. The van der Waals surface area contributed by atoms with Crippen LogP contribution in [-0.2, 0) is 10.8 Å². The summed E-state index contributed by atoms with van der Waals surface area (Å²) in [4.78, 5) is 0. The van der Waals surface area contributed by atoms with E-state index in [-0.39, 0.29) is 23.0 Å². The molecule has 4 rings (SSSR count). The maximum atomic E-state index is 9.85. The largest absolute Gasteiger partial charge is 0.393 e. The van der Waals surface area contributed by atoms with Gasteiger partial charge in [0.1, 0.15) is 0 Å². The van der Waals surface area contributed by atoms with E-state index < -0.39 is 0 Å². The van der Waals surface area contributed by atoms with E-state index in [4.69, 9.17) is 57.9 Å². The second-order valence-corrected chi connectivity index (χ2v) is 11.4. The van der Waals surface area contributed by atoms with E-state index in [0.717, 1.165) is 49.7 Å². The average Bonchev–Trinajstić information content (AvgIpc) is 2.82. The molecule has 4 nitrogen and oxygen atoms in total. The molecule has 0 amide bonds. The van der Waals surface area contributed by atoms with Gasteiger partial charge in [-0.1, -0.05) is 58.5 Å². The Morgan fingerprint density at radius 2 is 1.06 bits per heavy atom. The Morgan fingerprint density at radius 1 is 0.676 bits per heavy atom. The summed E-state index contributed by atoms with van der Waals surface area (Å²) in [5, 5.41) is 21.9. The molecule has 8 heteroatoms. The van der Waals surface area contributed by atoms with Crippen molar-refractivity contribution in [2.75, 3.05) is 13.1 Å². The summed E-state index contributed by atoms with van der Waals surface area (Å²) in [6.07, 6.45) is 6.62. The highest BCUT2D eigenvalue weighted by atomic mass is 35.5. The van der Waals surface area contributed by atoms with E-state index in [2.05, 4.69) is 0 Å². The zero-order valence-corrected chi connectivity index (χ0v) is 22.3. The normalized spacial score (nSPS) is 29.3. The van der Waals surface area contributed by atoms with E-state index in [1.54, 1.807) is 12.1 Å². The van der Waals surface area contributed by atoms with Crippen molar-refractivity contribution in [1.82, 2.24) is 0 Å². The molecule has 0 aliphatic heterocycles. The lowest BCUT2D eigenvalue weighted by Crippen LogP contribution is -2.41. The van der Waals surface area contributed by atoms with Crippen LogP contribution >= 0.6 is 46.4 Å². The minimum Gasteiger partial charge on any atom is -0.393 e. The summed E-state index contributed by atoms with van der Waals surface area (Å²) < 4.78 is 0. The number of rotatable bonds is 4. The second kappa shape index (κ2) is 12.1. The standard InChI is InChI=1S/2C13H17Cl2NO/c2*14-11-4-3-9(6-12(11)15)13(8-16)5-1-2-10(17)7-13/h2*3-4,6,10,17H,1-2,5,7-8,16H2/t2*10-,13-/m10/s1. The van der Waals surface area contributed by atoms with Crippen molar-refractivity contribution in [1.29, 1.82) is 0 Å². The second-order valence-electron chi connectivity index (χ2n) is 9.73. The van der Waals surface area contributed by atoms with Crippen LogP contribution in [0, 0.1) is 0 Å². The maximum Gasteiger partial charge on any atom is 0.0595 e. The molecule has 188 valence electrons. The maximum absolute atomic E-state index is 9.85. The molecule has 0 bridgehead atoms. The van der Waals surface area contributed by atoms with Crippen LogP contribution in [0.2, 0.25) is 20.1 Å². The van der Waals surface area contributed by atoms with Crippen LogP contribution in [-0.4, -0.2) is 35.5 Å². The first-order valence-electron chi connectivity index (χ1n) is 11.8. The van der Waals surface area contributed by atoms with Crippen molar-refractivity contribution >= 4 is 46.4 Å². The predicted molar refractivity (Wildman–Crippen MR) is 143 cm³/mol. The lowest BCUT2D eigenvalue weighted by atomic mass is 9.68. The molecule has 0 spiro atoms. The van der Waals surface area contributed by atoms with Gasteiger partial charge in [0.15, 0.2) is 0 Å². The number of nitrogens with two attached hydrogens (primary N) is 2. The molecule has 6 N–H and O–H groups in total. The van der Waals surface area contributed by atoms with Crippen molar-refractivity contribution in [3.05, 3.63) is 67.6 Å². The lowest BCUT2D eigenvalue weighted by molar-refractivity contribution is 0.0868. The molecule has 2 aliphatic carbocycles. The van der Waals surface area contributed by atoms with Crippen LogP contribution in [0.25, 0.3) is 0 Å². The van der Waals surface area contributed by atoms with Gasteiger partial charge in [-0.05, 0) is 86.8 Å². The van der Waals surface area contributed by atoms with Crippen LogP contribution in [0.15, 0.2) is 36.4 Å². The highest BCUT2D eigenvalue weighted by Crippen LogP contribution is 2.41. The molecule has 2 fully saturated rings. The Kier molecular flexibility index (Phi) is 9.99. The zero-order chi connectivity index (χ0) is 24.9. The molecular formula is C26H34Cl4N2O2. The fourth-order valence-electron chi connectivity index (χ4n) is 5.45. The first-order valence-corrected chi connectivity index (χ1v) is 13.3. The predicted octanol–water partition coefficient (Wildman–Crippen LogP) is 6.25. The topological polar surface area (TPSA) is 92.5 Å². The third-order valence-electron chi connectivity index (χ3n) is 7.48. The van der Waals surface area contributed by atoms with Crippen molar-refractivity contribution in [2.45, 2.75) is 74.4 Å². The number of benzene rings is 2. The van der Waals surface area contributed by atoms with Crippen LogP contribution in [0.1, 0.15) is 62.5 Å². The van der Waals surface area contributed by atoms with E-state index >= 15 is 0 Å². The molecule has 0 radical (unpaired) electrons. The first-order chi connectivity index (χ1) is 16.1. The first kappa shape index (κ1) is 28.0. The Labute approximate surface area is 222 Å². The lowest BCUT2D eigenvalue weighted by Gasteiger charge is -2.39.